The Labute approximate surface area is 399 Å². The van der Waals surface area contributed by atoms with E-state index >= 15 is 0 Å². The Kier molecular flexibility index (Phi) is 13.9. The monoisotopic (exact) mass is 1010 g/mol. The molecule has 4 N–H and O–H groups in total. The Morgan fingerprint density at radius 3 is 2.43 bits per heavy atom. The van der Waals surface area contributed by atoms with Crippen molar-refractivity contribution in [1.29, 1.82) is 0 Å². The summed E-state index contributed by atoms with van der Waals surface area (Å²) in [6.07, 6.45) is 7.65. The molecule has 6 aliphatic carbocycles. The number of esters is 1. The van der Waals surface area contributed by atoms with Gasteiger partial charge < -0.3 is 44.9 Å². The molecule has 6 fully saturated rings. The van der Waals surface area contributed by atoms with Gasteiger partial charge in [-0.1, -0.05) is 53.6 Å². The molecule has 0 bridgehead atoms. The molecular weight excluding hydrogens is 953 g/mol. The van der Waals surface area contributed by atoms with E-state index in [1.165, 1.54) is 0 Å². The van der Waals surface area contributed by atoms with Gasteiger partial charge in [-0.15, -0.1) is 4.52 Å². The van der Waals surface area contributed by atoms with Crippen LogP contribution in [-0.2, 0) is 52.1 Å². The normalized spacial score (nSPS) is 36.4. The fourth-order valence-corrected chi connectivity index (χ4v) is 13.4. The predicted octanol–water partition coefficient (Wildman–Crippen LogP) is 4.26. The number of rotatable bonds is 16. The number of aliphatic hydroxyl groups excluding tert-OH is 1. The molecule has 67 heavy (non-hydrogen) atoms. The van der Waals surface area contributed by atoms with Crippen molar-refractivity contribution in [3.8, 4) is 5.75 Å². The third-order valence-corrected chi connectivity index (χ3v) is 16.6. The number of amides is 3. The molecule has 3 amide bonds. The van der Waals surface area contributed by atoms with Crippen LogP contribution < -0.4 is 25.6 Å². The van der Waals surface area contributed by atoms with Gasteiger partial charge >= 0.3 is 14.2 Å². The van der Waals surface area contributed by atoms with Crippen molar-refractivity contribution in [2.75, 3.05) is 18.5 Å². The van der Waals surface area contributed by atoms with Crippen LogP contribution >= 0.6 is 24.2 Å². The summed E-state index contributed by atoms with van der Waals surface area (Å²) < 4.78 is 41.6. The summed E-state index contributed by atoms with van der Waals surface area (Å²) in [5.41, 5.74) is -2.08. The number of fused-ring (bicyclic) bond motifs is 7. The number of hydrogen-bond donors (Lipinski definition) is 4. The van der Waals surface area contributed by atoms with Gasteiger partial charge in [0.05, 0.1) is 30.2 Å². The van der Waals surface area contributed by atoms with Crippen LogP contribution in [0.25, 0.3) is 0 Å². The lowest BCUT2D eigenvalue weighted by Gasteiger charge is -2.59. The second-order valence-corrected chi connectivity index (χ2v) is 22.4. The molecule has 1 aromatic rings. The maximum atomic E-state index is 14.3. The first kappa shape index (κ1) is 49.5. The number of carbonyl (C=O) groups is 6. The first-order chi connectivity index (χ1) is 31.6. The summed E-state index contributed by atoms with van der Waals surface area (Å²) >= 11 is 3.03. The average molecular weight is 1010 g/mol. The van der Waals surface area contributed by atoms with Gasteiger partial charge in [0.15, 0.2) is 30.1 Å². The fraction of sp³-hybridized carbons (Fsp3) is 0.667. The highest BCUT2D eigenvalue weighted by atomic mass is 79.9. The van der Waals surface area contributed by atoms with Crippen molar-refractivity contribution >= 4 is 59.4 Å². The van der Waals surface area contributed by atoms with Crippen molar-refractivity contribution in [3.05, 3.63) is 53.6 Å². The molecule has 1 spiro atoms. The summed E-state index contributed by atoms with van der Waals surface area (Å²) in [7, 11) is -3.31. The first-order valence-electron chi connectivity index (χ1n) is 23.2. The zero-order valence-corrected chi connectivity index (χ0v) is 41.0. The topological polar surface area (TPSA) is 245 Å². The number of Topliss-reactive ketones (excluding diaryl/α,β-unsaturated/α-hetero) is 1. The third kappa shape index (κ3) is 9.70. The molecule has 1 aromatic carbocycles. The van der Waals surface area contributed by atoms with Crippen LogP contribution in [0.4, 0.5) is 0 Å². The van der Waals surface area contributed by atoms with E-state index in [1.54, 1.807) is 32.9 Å². The van der Waals surface area contributed by atoms with Crippen molar-refractivity contribution in [3.63, 3.8) is 0 Å². The molecule has 0 radical (unpaired) electrons. The van der Waals surface area contributed by atoms with Gasteiger partial charge in [-0.3, -0.25) is 28.8 Å². The standard InChI is InChI=1S/C48H61BrN3O14P/c1-44(2,3)65-40(58)13-12-34(52-39(57)24-50-38(56)23-49)42(59)51-28-18-47(19-28)20-31(21-47)63-30-9-6-26(7-10-30)43-64-37-17-33-32-11-8-27-16-29(53)14-15-45(27,4)41(32)35(54)22-46(33,5)48(37,66-43)36(55)25-62-67(60)61/h6-7,9-10,14-16,28,31-35,37,41,43,54H,8,11-13,17-25H2,1-5H3,(H,50,56)(H,51,59)(H,52,57)/t28?,31?,32-,33-,34-,35-,37+,41+,43+,45-,46-,47?,48+/m0/s1. The minimum Gasteiger partial charge on any atom is -0.566 e. The smallest absolute Gasteiger partial charge is 0.488 e. The van der Waals surface area contributed by atoms with E-state index in [4.69, 9.17) is 23.5 Å². The van der Waals surface area contributed by atoms with Gasteiger partial charge in [-0.25, -0.2) is 0 Å². The number of allylic oxidation sites excluding steroid dienone is 4. The summed E-state index contributed by atoms with van der Waals surface area (Å²) in [6.45, 7) is 8.23. The maximum Gasteiger partial charge on any atom is 0.488 e. The van der Waals surface area contributed by atoms with E-state index in [0.717, 1.165) is 37.7 Å². The number of ether oxygens (including phenoxy) is 4. The molecule has 17 nitrogen and oxygen atoms in total. The second kappa shape index (κ2) is 18.8. The molecule has 0 aromatic heterocycles. The Morgan fingerprint density at radius 2 is 1.76 bits per heavy atom. The van der Waals surface area contributed by atoms with E-state index < -0.39 is 85.0 Å². The molecule has 364 valence electrons. The van der Waals surface area contributed by atoms with Crippen LogP contribution in [0.3, 0.4) is 0 Å². The molecule has 1 unspecified atom stereocenters. The fourth-order valence-electron chi connectivity index (χ4n) is 12.9. The molecule has 11 atom stereocenters. The van der Waals surface area contributed by atoms with Gasteiger partial charge in [0.2, 0.25) is 17.7 Å². The lowest BCUT2D eigenvalue weighted by molar-refractivity contribution is -0.204. The van der Waals surface area contributed by atoms with E-state index in [9.17, 15) is 43.3 Å². The average Bonchev–Trinajstić information content (AvgIpc) is 3.74. The minimum absolute atomic E-state index is 0.00612. The Balaban J connectivity index is 0.867. The number of aliphatic hydroxyl groups is 1. The number of alkyl halides is 1. The molecule has 1 aliphatic heterocycles. The van der Waals surface area contributed by atoms with Crippen LogP contribution in [0.1, 0.15) is 111 Å². The van der Waals surface area contributed by atoms with Gasteiger partial charge in [0.1, 0.15) is 17.4 Å². The molecule has 1 heterocycles. The number of nitrogens with one attached hydrogen (secondary N) is 3. The summed E-state index contributed by atoms with van der Waals surface area (Å²) in [5, 5.41) is 20.2. The summed E-state index contributed by atoms with van der Waals surface area (Å²) in [4.78, 5) is 88.3. The van der Waals surface area contributed by atoms with Gasteiger partial charge in [-0.2, -0.15) is 0 Å². The van der Waals surface area contributed by atoms with Gasteiger partial charge in [0, 0.05) is 34.8 Å². The largest absolute Gasteiger partial charge is 0.566 e. The zero-order valence-electron chi connectivity index (χ0n) is 38.5. The van der Waals surface area contributed by atoms with Crippen molar-refractivity contribution in [2.45, 2.75) is 147 Å². The van der Waals surface area contributed by atoms with Gasteiger partial charge in [0.25, 0.3) is 0 Å². The molecule has 5 saturated carbocycles. The van der Waals surface area contributed by atoms with Crippen molar-refractivity contribution in [2.24, 2.45) is 34.0 Å². The van der Waals surface area contributed by atoms with E-state index in [0.29, 0.717) is 24.2 Å². The number of benzene rings is 1. The quantitative estimate of drug-likeness (QED) is 0.103. The second-order valence-electron chi connectivity index (χ2n) is 21.2. The summed E-state index contributed by atoms with van der Waals surface area (Å²) in [6, 6.07) is 6.15. The number of carbonyl (C=O) groups excluding carboxylic acids is 6. The first-order valence-corrected chi connectivity index (χ1v) is 25.5. The Bertz CT molecular complexity index is 2230. The highest BCUT2D eigenvalue weighted by Gasteiger charge is 2.76. The van der Waals surface area contributed by atoms with Crippen LogP contribution in [0.15, 0.2) is 48.1 Å². The number of ketones is 2. The number of hydrogen-bond acceptors (Lipinski definition) is 14. The maximum absolute atomic E-state index is 14.3. The van der Waals surface area contributed by atoms with E-state index in [2.05, 4.69) is 38.8 Å². The van der Waals surface area contributed by atoms with Crippen LogP contribution in [0, 0.1) is 34.0 Å². The number of halogens is 1. The van der Waals surface area contributed by atoms with Gasteiger partial charge in [-0.05, 0) is 125 Å². The predicted molar refractivity (Wildman–Crippen MR) is 241 cm³/mol. The molecule has 8 rings (SSSR count). The molecule has 1 saturated heterocycles. The lowest BCUT2D eigenvalue weighted by Crippen LogP contribution is -2.63. The summed E-state index contributed by atoms with van der Waals surface area (Å²) in [5.74, 6) is -2.13. The SMILES string of the molecule is CC(C)(C)OC(=O)CC[C@H](NC(=O)CNC(=O)CBr)C(=O)NC1CC2(C1)CC(Oc1ccc([C@@H]3O[C@@H]4C[C@H]5[C@@H]6CCC7=CC(=O)C=C[C@]7(C)[C@H]6[C@@H](O)C[C@]5(C)[C@]4(C(=O)CO[P+](=O)[O-])O3)cc1)C2. The van der Waals surface area contributed by atoms with Crippen LogP contribution in [0.5, 0.6) is 5.75 Å². The van der Waals surface area contributed by atoms with Crippen LogP contribution in [-0.4, -0.2) is 100 Å². The zero-order chi connectivity index (χ0) is 48.3. The molecule has 19 heteroatoms. The van der Waals surface area contributed by atoms with E-state index in [1.807, 2.05) is 37.3 Å². The van der Waals surface area contributed by atoms with Crippen molar-refractivity contribution in [1.82, 2.24) is 16.0 Å². The molecular formula is C48H61BrN3O14P. The molecule has 7 aliphatic rings. The lowest BCUT2D eigenvalue weighted by atomic mass is 9.46. The Hall–Kier alpha value is -3.90. The third-order valence-electron chi connectivity index (χ3n) is 15.7. The van der Waals surface area contributed by atoms with Crippen molar-refractivity contribution < 1.29 is 66.8 Å². The highest BCUT2D eigenvalue weighted by Crippen LogP contribution is 2.70. The van der Waals surface area contributed by atoms with E-state index in [-0.39, 0.29) is 78.1 Å². The van der Waals surface area contributed by atoms with Crippen LogP contribution in [0.2, 0.25) is 0 Å². The Morgan fingerprint density at radius 1 is 1.04 bits per heavy atom. The highest BCUT2D eigenvalue weighted by molar-refractivity contribution is 9.09. The minimum atomic E-state index is -3.31.